The van der Waals surface area contributed by atoms with Gasteiger partial charge >= 0.3 is 0 Å². The summed E-state index contributed by atoms with van der Waals surface area (Å²) in [6, 6.07) is 13.8. The van der Waals surface area contributed by atoms with Crippen molar-refractivity contribution in [3.63, 3.8) is 0 Å². The molecular formula is C24H30N4O3. The van der Waals surface area contributed by atoms with Gasteiger partial charge in [-0.15, -0.1) is 0 Å². The summed E-state index contributed by atoms with van der Waals surface area (Å²) in [5, 5.41) is 6.45. The molecule has 0 aliphatic carbocycles. The summed E-state index contributed by atoms with van der Waals surface area (Å²) in [4.78, 5) is 19.0. The maximum atomic E-state index is 12.4. The van der Waals surface area contributed by atoms with Crippen LogP contribution in [0.15, 0.2) is 54.9 Å². The highest BCUT2D eigenvalue weighted by Crippen LogP contribution is 2.30. The highest BCUT2D eigenvalue weighted by atomic mass is 16.5. The molecule has 2 aromatic rings. The minimum atomic E-state index is -0.277. The van der Waals surface area contributed by atoms with Gasteiger partial charge < -0.3 is 25.0 Å². The molecule has 0 fully saturated rings. The quantitative estimate of drug-likeness (QED) is 0.602. The third kappa shape index (κ3) is 6.01. The number of carbonyl (C=O) groups excluding carboxylic acids is 1. The largest absolute Gasteiger partial charge is 0.501 e. The number of methoxy groups -OCH3 is 1. The van der Waals surface area contributed by atoms with Gasteiger partial charge in [0.2, 0.25) is 11.8 Å². The van der Waals surface area contributed by atoms with Crippen molar-refractivity contribution in [2.45, 2.75) is 33.0 Å². The van der Waals surface area contributed by atoms with Crippen molar-refractivity contribution in [2.24, 2.45) is 0 Å². The van der Waals surface area contributed by atoms with Crippen LogP contribution in [0.25, 0.3) is 11.8 Å². The summed E-state index contributed by atoms with van der Waals surface area (Å²) >= 11 is 0. The van der Waals surface area contributed by atoms with Crippen molar-refractivity contribution in [1.82, 2.24) is 20.5 Å². The fourth-order valence-electron chi connectivity index (χ4n) is 3.27. The predicted octanol–water partition coefficient (Wildman–Crippen LogP) is 3.52. The van der Waals surface area contributed by atoms with Crippen LogP contribution < -0.4 is 15.4 Å². The first-order valence-corrected chi connectivity index (χ1v) is 10.4. The van der Waals surface area contributed by atoms with Crippen LogP contribution in [-0.2, 0) is 9.53 Å². The van der Waals surface area contributed by atoms with Crippen LogP contribution in [0, 0.1) is 0 Å². The summed E-state index contributed by atoms with van der Waals surface area (Å²) < 4.78 is 10.5. The number of nitrogens with zero attached hydrogens (tertiary/aromatic N) is 2. The molecule has 31 heavy (non-hydrogen) atoms. The topological polar surface area (TPSA) is 75.7 Å². The minimum Gasteiger partial charge on any atom is -0.501 e. The Morgan fingerprint density at radius 2 is 2.03 bits per heavy atom. The van der Waals surface area contributed by atoms with Crippen molar-refractivity contribution < 1.29 is 14.3 Å². The molecule has 1 amide bonds. The second-order valence-electron chi connectivity index (χ2n) is 7.47. The maximum Gasteiger partial charge on any atom is 0.239 e. The number of benzene rings is 1. The number of aromatic nitrogens is 1. The number of amides is 1. The number of pyridine rings is 1. The van der Waals surface area contributed by atoms with Crippen molar-refractivity contribution in [2.75, 3.05) is 20.3 Å². The monoisotopic (exact) mass is 422 g/mol. The first kappa shape index (κ1) is 22.2. The lowest BCUT2D eigenvalue weighted by atomic mass is 10.1. The molecule has 1 atom stereocenters. The van der Waals surface area contributed by atoms with Gasteiger partial charge in [-0.2, -0.15) is 0 Å². The first-order valence-electron chi connectivity index (χ1n) is 10.4. The Morgan fingerprint density at radius 3 is 2.71 bits per heavy atom. The van der Waals surface area contributed by atoms with E-state index < -0.39 is 0 Å². The van der Waals surface area contributed by atoms with E-state index in [9.17, 15) is 4.79 Å². The van der Waals surface area contributed by atoms with Crippen LogP contribution >= 0.6 is 0 Å². The standard InChI is InChI=1S/C24H30N4O3/c1-5-31-14-13-18-9-11-19(12-10-18)21-15-28(16-22(29)25-17(2)3)24(27-21)20-7-6-8-23(26-20)30-4/h6-15,17,24,27H,5,16H2,1-4H3,(H,25,29)/b14-13-. The third-order valence-electron chi connectivity index (χ3n) is 4.67. The van der Waals surface area contributed by atoms with Crippen LogP contribution in [0.5, 0.6) is 5.88 Å². The number of carbonyl (C=O) groups is 1. The normalized spacial score (nSPS) is 15.7. The Labute approximate surface area is 183 Å². The Balaban J connectivity index is 1.83. The number of rotatable bonds is 9. The fourth-order valence-corrected chi connectivity index (χ4v) is 3.27. The maximum absolute atomic E-state index is 12.4. The Morgan fingerprint density at radius 1 is 1.26 bits per heavy atom. The molecule has 3 rings (SSSR count). The second kappa shape index (κ2) is 10.5. The number of hydrogen-bond donors (Lipinski definition) is 2. The molecule has 164 valence electrons. The van der Waals surface area contributed by atoms with Crippen LogP contribution in [-0.4, -0.2) is 42.1 Å². The summed E-state index contributed by atoms with van der Waals surface area (Å²) in [7, 11) is 1.59. The van der Waals surface area contributed by atoms with Gasteiger partial charge in [-0.25, -0.2) is 4.98 Å². The van der Waals surface area contributed by atoms with Gasteiger partial charge in [-0.1, -0.05) is 30.3 Å². The summed E-state index contributed by atoms with van der Waals surface area (Å²) in [6.07, 6.45) is 5.31. The molecule has 0 radical (unpaired) electrons. The minimum absolute atomic E-state index is 0.0430. The SMILES string of the molecule is CCO/C=C\c1ccc(C2=CN(CC(=O)NC(C)C)C(c3cccc(OC)n3)N2)cc1. The molecule has 1 unspecified atom stereocenters. The zero-order chi connectivity index (χ0) is 22.2. The van der Waals surface area contributed by atoms with Crippen molar-refractivity contribution in [3.8, 4) is 5.88 Å². The van der Waals surface area contributed by atoms with E-state index in [1.807, 2.05) is 74.3 Å². The van der Waals surface area contributed by atoms with E-state index in [1.165, 1.54) is 0 Å². The molecule has 7 heteroatoms. The van der Waals surface area contributed by atoms with Crippen LogP contribution in [0.2, 0.25) is 0 Å². The predicted molar refractivity (Wildman–Crippen MR) is 122 cm³/mol. The zero-order valence-corrected chi connectivity index (χ0v) is 18.5. The molecule has 7 nitrogen and oxygen atoms in total. The smallest absolute Gasteiger partial charge is 0.239 e. The molecule has 0 saturated heterocycles. The molecule has 2 heterocycles. The Hall–Kier alpha value is -3.48. The van der Waals surface area contributed by atoms with Gasteiger partial charge in [0, 0.05) is 18.3 Å². The Bertz CT molecular complexity index is 938. The van der Waals surface area contributed by atoms with Crippen molar-refractivity contribution in [3.05, 3.63) is 71.7 Å². The van der Waals surface area contributed by atoms with Gasteiger partial charge in [0.15, 0.2) is 0 Å². The summed E-state index contributed by atoms with van der Waals surface area (Å²) in [5.41, 5.74) is 3.77. The molecule has 1 aliphatic heterocycles. The fraction of sp³-hybridized carbons (Fsp3) is 0.333. The third-order valence-corrected chi connectivity index (χ3v) is 4.67. The average Bonchev–Trinajstić information content (AvgIpc) is 3.17. The molecule has 0 bridgehead atoms. The highest BCUT2D eigenvalue weighted by Gasteiger charge is 2.29. The molecule has 1 aromatic heterocycles. The summed E-state index contributed by atoms with van der Waals surface area (Å²) in [6.45, 7) is 6.71. The zero-order valence-electron chi connectivity index (χ0n) is 18.5. The number of nitrogens with one attached hydrogen (secondary N) is 2. The van der Waals surface area contributed by atoms with E-state index in [-0.39, 0.29) is 24.7 Å². The highest BCUT2D eigenvalue weighted by molar-refractivity contribution is 5.79. The lowest BCUT2D eigenvalue weighted by Gasteiger charge is -2.25. The second-order valence-corrected chi connectivity index (χ2v) is 7.47. The van der Waals surface area contributed by atoms with Gasteiger partial charge in [-0.05, 0) is 44.0 Å². The molecule has 0 saturated carbocycles. The van der Waals surface area contributed by atoms with E-state index in [0.717, 1.165) is 22.5 Å². The van der Waals surface area contributed by atoms with Gasteiger partial charge in [0.05, 0.1) is 37.9 Å². The summed E-state index contributed by atoms with van der Waals surface area (Å²) in [5.74, 6) is 0.489. The van der Waals surface area contributed by atoms with Crippen LogP contribution in [0.1, 0.15) is 43.8 Å². The van der Waals surface area contributed by atoms with E-state index in [1.54, 1.807) is 19.4 Å². The lowest BCUT2D eigenvalue weighted by Crippen LogP contribution is -2.40. The van der Waals surface area contributed by atoms with E-state index in [4.69, 9.17) is 9.47 Å². The molecule has 1 aliphatic rings. The van der Waals surface area contributed by atoms with Crippen molar-refractivity contribution >= 4 is 17.7 Å². The van der Waals surface area contributed by atoms with E-state index in [2.05, 4.69) is 15.6 Å². The van der Waals surface area contributed by atoms with E-state index in [0.29, 0.717) is 12.5 Å². The van der Waals surface area contributed by atoms with Gasteiger partial charge in [0.1, 0.15) is 6.17 Å². The van der Waals surface area contributed by atoms with Crippen molar-refractivity contribution in [1.29, 1.82) is 0 Å². The molecule has 0 spiro atoms. The van der Waals surface area contributed by atoms with Gasteiger partial charge in [-0.3, -0.25) is 4.79 Å². The van der Waals surface area contributed by atoms with Crippen LogP contribution in [0.4, 0.5) is 0 Å². The first-order chi connectivity index (χ1) is 15.0. The molecule has 2 N–H and O–H groups in total. The average molecular weight is 423 g/mol. The number of ether oxygens (including phenoxy) is 2. The lowest BCUT2D eigenvalue weighted by molar-refractivity contribution is -0.122. The molecule has 1 aromatic carbocycles. The van der Waals surface area contributed by atoms with Crippen LogP contribution in [0.3, 0.4) is 0 Å². The molecular weight excluding hydrogens is 392 g/mol. The van der Waals surface area contributed by atoms with Gasteiger partial charge in [0.25, 0.3) is 0 Å². The van der Waals surface area contributed by atoms with E-state index >= 15 is 0 Å². The Kier molecular flexibility index (Phi) is 7.54. The number of hydrogen-bond acceptors (Lipinski definition) is 6.